The summed E-state index contributed by atoms with van der Waals surface area (Å²) in [5.41, 5.74) is 1.99. The van der Waals surface area contributed by atoms with E-state index in [4.69, 9.17) is 4.74 Å². The van der Waals surface area contributed by atoms with Crippen LogP contribution in [0, 0.1) is 0 Å². The molecule has 1 atom stereocenters. The summed E-state index contributed by atoms with van der Waals surface area (Å²) < 4.78 is 5.38. The Hall–Kier alpha value is -2.82. The molecule has 2 amide bonds. The molecule has 0 radical (unpaired) electrons. The van der Waals surface area contributed by atoms with Crippen molar-refractivity contribution in [1.82, 2.24) is 5.32 Å². The van der Waals surface area contributed by atoms with Gasteiger partial charge < -0.3 is 10.1 Å². The summed E-state index contributed by atoms with van der Waals surface area (Å²) in [5, 5.41) is 2.90. The highest BCUT2D eigenvalue weighted by atomic mass is 16.6. The van der Waals surface area contributed by atoms with Gasteiger partial charge in [-0.2, -0.15) is 0 Å². The lowest BCUT2D eigenvalue weighted by Gasteiger charge is -2.12. The summed E-state index contributed by atoms with van der Waals surface area (Å²) in [6.07, 6.45) is 1.29. The van der Waals surface area contributed by atoms with Crippen LogP contribution in [0.1, 0.15) is 18.4 Å². The van der Waals surface area contributed by atoms with Crippen molar-refractivity contribution in [3.8, 4) is 0 Å². The number of rotatable bonds is 7. The maximum Gasteiger partial charge on any atom is 0.414 e. The summed E-state index contributed by atoms with van der Waals surface area (Å²) in [7, 11) is 0. The summed E-state index contributed by atoms with van der Waals surface area (Å²) in [6, 6.07) is 19.4. The van der Waals surface area contributed by atoms with E-state index in [9.17, 15) is 9.59 Å². The average Bonchev–Trinajstić information content (AvgIpc) is 3.02. The Morgan fingerprint density at radius 2 is 1.76 bits per heavy atom. The van der Waals surface area contributed by atoms with E-state index in [1.54, 1.807) is 4.90 Å². The first-order chi connectivity index (χ1) is 12.2. The standard InChI is InChI=1S/C20H22N2O3/c23-19(12-11-16-7-3-1-4-8-16)21-14-13-18-15-22(20(24)25-18)17-9-5-2-6-10-17/h1-10,18H,11-15H2,(H,21,23). The van der Waals surface area contributed by atoms with E-state index in [1.807, 2.05) is 60.7 Å². The molecule has 2 aromatic carbocycles. The van der Waals surface area contributed by atoms with Crippen molar-refractivity contribution in [3.63, 3.8) is 0 Å². The van der Waals surface area contributed by atoms with E-state index in [0.717, 1.165) is 17.7 Å². The molecule has 1 heterocycles. The third-order valence-corrected chi connectivity index (χ3v) is 4.21. The number of ether oxygens (including phenoxy) is 1. The number of nitrogens with zero attached hydrogens (tertiary/aromatic N) is 1. The first-order valence-electron chi connectivity index (χ1n) is 8.56. The molecule has 0 aromatic heterocycles. The quantitative estimate of drug-likeness (QED) is 0.844. The Balaban J connectivity index is 1.38. The van der Waals surface area contributed by atoms with Crippen molar-refractivity contribution in [2.45, 2.75) is 25.4 Å². The van der Waals surface area contributed by atoms with Crippen molar-refractivity contribution in [3.05, 3.63) is 66.2 Å². The van der Waals surface area contributed by atoms with Crippen molar-refractivity contribution in [2.24, 2.45) is 0 Å². The van der Waals surface area contributed by atoms with E-state index in [2.05, 4.69) is 5.32 Å². The molecule has 1 fully saturated rings. The van der Waals surface area contributed by atoms with Crippen LogP contribution >= 0.6 is 0 Å². The van der Waals surface area contributed by atoms with Crippen molar-refractivity contribution >= 4 is 17.7 Å². The minimum atomic E-state index is -0.327. The van der Waals surface area contributed by atoms with Crippen molar-refractivity contribution in [1.29, 1.82) is 0 Å². The van der Waals surface area contributed by atoms with Crippen LogP contribution in [0.2, 0.25) is 0 Å². The van der Waals surface area contributed by atoms with Gasteiger partial charge in [-0.15, -0.1) is 0 Å². The van der Waals surface area contributed by atoms with Gasteiger partial charge in [-0.1, -0.05) is 48.5 Å². The maximum atomic E-state index is 12.0. The van der Waals surface area contributed by atoms with Gasteiger partial charge in [0.15, 0.2) is 0 Å². The molecular weight excluding hydrogens is 316 g/mol. The Morgan fingerprint density at radius 1 is 1.08 bits per heavy atom. The minimum absolute atomic E-state index is 0.0214. The Labute approximate surface area is 147 Å². The molecule has 2 aromatic rings. The zero-order valence-corrected chi connectivity index (χ0v) is 14.1. The zero-order chi connectivity index (χ0) is 17.5. The zero-order valence-electron chi connectivity index (χ0n) is 14.1. The van der Waals surface area contributed by atoms with Crippen LogP contribution in [0.25, 0.3) is 0 Å². The van der Waals surface area contributed by atoms with Gasteiger partial charge in [0.25, 0.3) is 0 Å². The number of aryl methyl sites for hydroxylation is 1. The smallest absolute Gasteiger partial charge is 0.414 e. The molecule has 1 aliphatic rings. The molecule has 1 N–H and O–H groups in total. The van der Waals surface area contributed by atoms with Crippen LogP contribution < -0.4 is 10.2 Å². The van der Waals surface area contributed by atoms with E-state index >= 15 is 0 Å². The molecule has 1 aliphatic heterocycles. The van der Waals surface area contributed by atoms with E-state index in [1.165, 1.54) is 0 Å². The van der Waals surface area contributed by atoms with Gasteiger partial charge in [0.05, 0.1) is 6.54 Å². The largest absolute Gasteiger partial charge is 0.444 e. The fraction of sp³-hybridized carbons (Fsp3) is 0.300. The predicted octanol–water partition coefficient (Wildman–Crippen LogP) is 3.15. The number of nitrogens with one attached hydrogen (secondary N) is 1. The molecule has 1 unspecified atom stereocenters. The first kappa shape index (κ1) is 17.0. The summed E-state index contributed by atoms with van der Waals surface area (Å²) in [5.74, 6) is 0.0214. The Kier molecular flexibility index (Phi) is 5.67. The number of cyclic esters (lactones) is 1. The average molecular weight is 338 g/mol. The summed E-state index contributed by atoms with van der Waals surface area (Å²) in [6.45, 7) is 1.02. The highest BCUT2D eigenvalue weighted by Crippen LogP contribution is 2.22. The van der Waals surface area contributed by atoms with Crippen LogP contribution in [0.3, 0.4) is 0 Å². The van der Waals surface area contributed by atoms with Gasteiger partial charge in [0.1, 0.15) is 6.10 Å². The fourth-order valence-electron chi connectivity index (χ4n) is 2.85. The summed E-state index contributed by atoms with van der Waals surface area (Å²) in [4.78, 5) is 25.5. The number of anilines is 1. The highest BCUT2D eigenvalue weighted by molar-refractivity contribution is 5.89. The topological polar surface area (TPSA) is 58.6 Å². The second-order valence-electron chi connectivity index (χ2n) is 6.08. The van der Waals surface area contributed by atoms with Gasteiger partial charge in [-0.3, -0.25) is 9.69 Å². The lowest BCUT2D eigenvalue weighted by Crippen LogP contribution is -2.29. The van der Waals surface area contributed by atoms with Crippen LogP contribution in [0.5, 0.6) is 0 Å². The van der Waals surface area contributed by atoms with Crippen molar-refractivity contribution < 1.29 is 14.3 Å². The predicted molar refractivity (Wildman–Crippen MR) is 96.4 cm³/mol. The number of para-hydroxylation sites is 1. The number of benzene rings is 2. The number of hydrogen-bond acceptors (Lipinski definition) is 3. The van der Waals surface area contributed by atoms with Gasteiger partial charge in [-0.05, 0) is 24.1 Å². The molecule has 0 saturated carbocycles. The van der Waals surface area contributed by atoms with Gasteiger partial charge in [-0.25, -0.2) is 4.79 Å². The lowest BCUT2D eigenvalue weighted by molar-refractivity contribution is -0.121. The van der Waals surface area contributed by atoms with Crippen LogP contribution in [0.4, 0.5) is 10.5 Å². The SMILES string of the molecule is O=C(CCc1ccccc1)NCCC1CN(c2ccccc2)C(=O)O1. The monoisotopic (exact) mass is 338 g/mol. The molecule has 1 saturated heterocycles. The maximum absolute atomic E-state index is 12.0. The second-order valence-corrected chi connectivity index (χ2v) is 6.08. The normalized spacial score (nSPS) is 16.6. The molecule has 5 nitrogen and oxygen atoms in total. The second kappa shape index (κ2) is 8.33. The third-order valence-electron chi connectivity index (χ3n) is 4.21. The fourth-order valence-corrected chi connectivity index (χ4v) is 2.85. The van der Waals surface area contributed by atoms with Crippen LogP contribution in [0.15, 0.2) is 60.7 Å². The molecule has 3 rings (SSSR count). The molecule has 0 spiro atoms. The molecular formula is C20H22N2O3. The molecule has 130 valence electrons. The summed E-state index contributed by atoms with van der Waals surface area (Å²) >= 11 is 0. The number of hydrogen-bond donors (Lipinski definition) is 1. The molecule has 0 aliphatic carbocycles. The minimum Gasteiger partial charge on any atom is -0.444 e. The van der Waals surface area contributed by atoms with E-state index < -0.39 is 0 Å². The van der Waals surface area contributed by atoms with Gasteiger partial charge >= 0.3 is 6.09 Å². The molecule has 0 bridgehead atoms. The highest BCUT2D eigenvalue weighted by Gasteiger charge is 2.31. The lowest BCUT2D eigenvalue weighted by atomic mass is 10.1. The van der Waals surface area contributed by atoms with Gasteiger partial charge in [0, 0.05) is 25.1 Å². The number of amides is 2. The first-order valence-corrected chi connectivity index (χ1v) is 8.56. The number of carbonyl (C=O) groups is 2. The Bertz CT molecular complexity index is 703. The van der Waals surface area contributed by atoms with Crippen molar-refractivity contribution in [2.75, 3.05) is 18.0 Å². The molecule has 25 heavy (non-hydrogen) atoms. The molecule has 5 heteroatoms. The number of carbonyl (C=O) groups excluding carboxylic acids is 2. The van der Waals surface area contributed by atoms with Gasteiger partial charge in [0.2, 0.25) is 5.91 Å². The van der Waals surface area contributed by atoms with Crippen LogP contribution in [-0.4, -0.2) is 31.2 Å². The Morgan fingerprint density at radius 3 is 2.48 bits per heavy atom. The van der Waals surface area contributed by atoms with E-state index in [-0.39, 0.29) is 18.1 Å². The van der Waals surface area contributed by atoms with Crippen LogP contribution in [-0.2, 0) is 16.0 Å². The third kappa shape index (κ3) is 4.83. The van der Waals surface area contributed by atoms with E-state index in [0.29, 0.717) is 25.9 Å².